The number of hydrogen-bond acceptors (Lipinski definition) is 6. The molecule has 0 aromatic heterocycles. The van der Waals surface area contributed by atoms with Crippen molar-refractivity contribution in [3.63, 3.8) is 0 Å². The highest BCUT2D eigenvalue weighted by Crippen LogP contribution is 2.45. The maximum absolute atomic E-state index is 12.7. The number of piperidine rings is 1. The second-order valence-corrected chi connectivity index (χ2v) is 10.4. The number of rotatable bonds is 11. The Morgan fingerprint density at radius 1 is 1.11 bits per heavy atom. The lowest BCUT2D eigenvalue weighted by Gasteiger charge is -2.52. The SMILES string of the molecule is COCCCC[C@](O)(c1ccccc1Oc1ccccc1C)[C@H]1CCCCN1[C@@]1(N)CCN(C=O)C1. The molecule has 3 atom stereocenters. The standard InChI is InChI=1S/C29H41N3O4/c1-23-11-3-5-13-25(23)36-26-14-6-4-12-24(26)29(34,16-8-10-20-35-2)27-15-7-9-18-32(27)28(30)17-19-31(21-28)22-33/h3-6,11-14,22,27,34H,7-10,15-21,30H2,1-2H3/t27-,28+,29+/m1/s1. The fourth-order valence-corrected chi connectivity index (χ4v) is 5.96. The summed E-state index contributed by atoms with van der Waals surface area (Å²) in [5.74, 6) is 1.44. The van der Waals surface area contributed by atoms with E-state index in [0.29, 0.717) is 38.3 Å². The van der Waals surface area contributed by atoms with Crippen LogP contribution in [0.4, 0.5) is 0 Å². The number of methoxy groups -OCH3 is 1. The molecule has 0 bridgehead atoms. The maximum atomic E-state index is 12.7. The number of likely N-dealkylation sites (tertiary alicyclic amines) is 2. The summed E-state index contributed by atoms with van der Waals surface area (Å²) in [6.07, 6.45) is 6.70. The van der Waals surface area contributed by atoms with E-state index in [1.165, 1.54) is 0 Å². The van der Waals surface area contributed by atoms with Crippen molar-refractivity contribution >= 4 is 6.41 Å². The zero-order valence-corrected chi connectivity index (χ0v) is 21.7. The summed E-state index contributed by atoms with van der Waals surface area (Å²) < 4.78 is 11.7. The Bertz CT molecular complexity index is 1020. The summed E-state index contributed by atoms with van der Waals surface area (Å²) in [5.41, 5.74) is 6.99. The lowest BCUT2D eigenvalue weighted by atomic mass is 9.76. The first-order chi connectivity index (χ1) is 17.4. The number of para-hydroxylation sites is 2. The molecule has 2 saturated heterocycles. The van der Waals surface area contributed by atoms with Crippen molar-refractivity contribution in [1.29, 1.82) is 0 Å². The molecule has 2 aliphatic heterocycles. The number of benzene rings is 2. The summed E-state index contributed by atoms with van der Waals surface area (Å²) in [4.78, 5) is 15.5. The lowest BCUT2D eigenvalue weighted by Crippen LogP contribution is -2.67. The molecule has 4 rings (SSSR count). The van der Waals surface area contributed by atoms with Crippen LogP contribution in [-0.2, 0) is 15.1 Å². The van der Waals surface area contributed by atoms with Crippen molar-refractivity contribution in [2.75, 3.05) is 33.4 Å². The monoisotopic (exact) mass is 495 g/mol. The van der Waals surface area contributed by atoms with E-state index in [4.69, 9.17) is 15.2 Å². The molecule has 196 valence electrons. The van der Waals surface area contributed by atoms with Gasteiger partial charge in [-0.2, -0.15) is 0 Å². The van der Waals surface area contributed by atoms with Gasteiger partial charge in [0.25, 0.3) is 0 Å². The summed E-state index contributed by atoms with van der Waals surface area (Å²) >= 11 is 0. The van der Waals surface area contributed by atoms with Gasteiger partial charge in [-0.05, 0) is 63.1 Å². The van der Waals surface area contributed by atoms with Gasteiger partial charge in [-0.1, -0.05) is 42.8 Å². The number of nitrogens with zero attached hydrogens (tertiary/aromatic N) is 2. The molecule has 2 aliphatic rings. The van der Waals surface area contributed by atoms with Crippen molar-refractivity contribution in [3.8, 4) is 11.5 Å². The summed E-state index contributed by atoms with van der Waals surface area (Å²) in [7, 11) is 1.71. The number of amides is 1. The van der Waals surface area contributed by atoms with Crippen LogP contribution in [0.1, 0.15) is 56.1 Å². The first-order valence-corrected chi connectivity index (χ1v) is 13.2. The van der Waals surface area contributed by atoms with Crippen LogP contribution in [0, 0.1) is 6.92 Å². The minimum Gasteiger partial charge on any atom is -0.457 e. The van der Waals surface area contributed by atoms with E-state index in [9.17, 15) is 9.90 Å². The number of hydrogen-bond donors (Lipinski definition) is 2. The van der Waals surface area contributed by atoms with Crippen molar-refractivity contribution in [3.05, 3.63) is 59.7 Å². The third-order valence-corrected chi connectivity index (χ3v) is 7.91. The van der Waals surface area contributed by atoms with Crippen LogP contribution < -0.4 is 10.5 Å². The van der Waals surface area contributed by atoms with Gasteiger partial charge in [0.1, 0.15) is 17.1 Å². The van der Waals surface area contributed by atoms with Crippen LogP contribution in [-0.4, -0.2) is 66.4 Å². The zero-order valence-electron chi connectivity index (χ0n) is 21.7. The maximum Gasteiger partial charge on any atom is 0.209 e. The fourth-order valence-electron chi connectivity index (χ4n) is 5.96. The van der Waals surface area contributed by atoms with Crippen LogP contribution in [0.3, 0.4) is 0 Å². The minimum atomic E-state index is -1.17. The Hall–Kier alpha value is -2.45. The normalized spacial score (nSPS) is 24.4. The highest BCUT2D eigenvalue weighted by Gasteiger charge is 2.51. The molecule has 2 aromatic carbocycles. The minimum absolute atomic E-state index is 0.188. The van der Waals surface area contributed by atoms with Gasteiger partial charge in [-0.15, -0.1) is 0 Å². The van der Waals surface area contributed by atoms with Gasteiger partial charge in [0, 0.05) is 38.4 Å². The largest absolute Gasteiger partial charge is 0.457 e. The van der Waals surface area contributed by atoms with E-state index < -0.39 is 11.3 Å². The number of unbranched alkanes of at least 4 members (excludes halogenated alkanes) is 1. The van der Waals surface area contributed by atoms with Gasteiger partial charge in [-0.25, -0.2) is 0 Å². The van der Waals surface area contributed by atoms with Crippen LogP contribution in [0.2, 0.25) is 0 Å². The molecule has 7 heteroatoms. The van der Waals surface area contributed by atoms with Crippen molar-refractivity contribution in [2.24, 2.45) is 5.73 Å². The summed E-state index contributed by atoms with van der Waals surface area (Å²) in [6.45, 7) is 4.60. The number of aliphatic hydroxyl groups is 1. The lowest BCUT2D eigenvalue weighted by molar-refractivity contribution is -0.121. The Morgan fingerprint density at radius 3 is 2.58 bits per heavy atom. The molecule has 0 radical (unpaired) electrons. The molecular formula is C29H41N3O4. The molecule has 0 spiro atoms. The van der Waals surface area contributed by atoms with E-state index >= 15 is 0 Å². The van der Waals surface area contributed by atoms with Crippen LogP contribution in [0.15, 0.2) is 48.5 Å². The summed E-state index contributed by atoms with van der Waals surface area (Å²) in [6, 6.07) is 15.6. The van der Waals surface area contributed by atoms with E-state index in [0.717, 1.165) is 61.9 Å². The first-order valence-electron chi connectivity index (χ1n) is 13.2. The first kappa shape index (κ1) is 26.6. The van der Waals surface area contributed by atoms with E-state index in [1.54, 1.807) is 12.0 Å². The van der Waals surface area contributed by atoms with Gasteiger partial charge in [0.05, 0.1) is 12.2 Å². The number of ether oxygens (including phenoxy) is 2. The molecule has 0 aliphatic carbocycles. The molecule has 3 N–H and O–H groups in total. The molecule has 36 heavy (non-hydrogen) atoms. The predicted octanol–water partition coefficient (Wildman–Crippen LogP) is 4.16. The van der Waals surface area contributed by atoms with E-state index in [-0.39, 0.29) is 6.04 Å². The Kier molecular flexibility index (Phi) is 8.67. The van der Waals surface area contributed by atoms with Crippen molar-refractivity contribution < 1.29 is 19.4 Å². The smallest absolute Gasteiger partial charge is 0.209 e. The average molecular weight is 496 g/mol. The Labute approximate surface area is 215 Å². The zero-order chi connectivity index (χ0) is 25.6. The Balaban J connectivity index is 1.73. The average Bonchev–Trinajstić information content (AvgIpc) is 3.30. The van der Waals surface area contributed by atoms with Crippen LogP contribution in [0.25, 0.3) is 0 Å². The molecule has 0 saturated carbocycles. The van der Waals surface area contributed by atoms with Crippen molar-refractivity contribution in [1.82, 2.24) is 9.80 Å². The number of carbonyl (C=O) groups is 1. The number of nitrogens with two attached hydrogens (primary N) is 1. The topological polar surface area (TPSA) is 88.3 Å². The Morgan fingerprint density at radius 2 is 1.86 bits per heavy atom. The highest BCUT2D eigenvalue weighted by atomic mass is 16.5. The second kappa shape index (κ2) is 11.7. The molecule has 2 fully saturated rings. The predicted molar refractivity (Wildman–Crippen MR) is 141 cm³/mol. The number of carbonyl (C=O) groups excluding carboxylic acids is 1. The van der Waals surface area contributed by atoms with Gasteiger partial charge in [0.15, 0.2) is 0 Å². The van der Waals surface area contributed by atoms with Gasteiger partial charge in [0.2, 0.25) is 6.41 Å². The van der Waals surface area contributed by atoms with Gasteiger partial charge in [-0.3, -0.25) is 9.69 Å². The molecule has 0 unspecified atom stereocenters. The highest BCUT2D eigenvalue weighted by molar-refractivity contribution is 5.48. The molecule has 2 aromatic rings. The second-order valence-electron chi connectivity index (χ2n) is 10.4. The molecule has 7 nitrogen and oxygen atoms in total. The third kappa shape index (κ3) is 5.59. The van der Waals surface area contributed by atoms with Crippen molar-refractivity contribution in [2.45, 2.75) is 69.2 Å². The molecule has 1 amide bonds. The van der Waals surface area contributed by atoms with Gasteiger partial charge >= 0.3 is 0 Å². The molecular weight excluding hydrogens is 454 g/mol. The quantitative estimate of drug-likeness (QED) is 0.359. The van der Waals surface area contributed by atoms with Gasteiger partial charge < -0.3 is 25.2 Å². The molecule has 2 heterocycles. The van der Waals surface area contributed by atoms with Crippen LogP contribution >= 0.6 is 0 Å². The fraction of sp³-hybridized carbons (Fsp3) is 0.552. The van der Waals surface area contributed by atoms with E-state index in [2.05, 4.69) is 4.90 Å². The van der Waals surface area contributed by atoms with Crippen LogP contribution in [0.5, 0.6) is 11.5 Å². The summed E-state index contributed by atoms with van der Waals surface area (Å²) in [5, 5.41) is 12.7. The number of aryl methyl sites for hydroxylation is 1. The third-order valence-electron chi connectivity index (χ3n) is 7.91. The van der Waals surface area contributed by atoms with E-state index in [1.807, 2.05) is 55.5 Å².